The molecular formula is C38H36N6O2. The lowest BCUT2D eigenvalue weighted by atomic mass is 10.0. The lowest BCUT2D eigenvalue weighted by Crippen LogP contribution is -2.15. The number of fused-ring (bicyclic) bond motifs is 3. The minimum absolute atomic E-state index is 0.717. The van der Waals surface area contributed by atoms with Crippen LogP contribution in [-0.4, -0.2) is 54.6 Å². The van der Waals surface area contributed by atoms with Crippen LogP contribution in [0.25, 0.3) is 44.4 Å². The summed E-state index contributed by atoms with van der Waals surface area (Å²) in [5.41, 5.74) is 8.68. The van der Waals surface area contributed by atoms with Gasteiger partial charge in [-0.2, -0.15) is 5.10 Å². The van der Waals surface area contributed by atoms with Crippen molar-refractivity contribution in [2.24, 2.45) is 0 Å². The van der Waals surface area contributed by atoms with E-state index in [1.54, 1.807) is 13.3 Å². The number of aryl methyl sites for hydroxylation is 1. The van der Waals surface area contributed by atoms with Gasteiger partial charge in [0.25, 0.3) is 0 Å². The Balaban J connectivity index is 1.25. The summed E-state index contributed by atoms with van der Waals surface area (Å²) in [5, 5.41) is 7.03. The monoisotopic (exact) mass is 608 g/mol. The van der Waals surface area contributed by atoms with Crippen LogP contribution in [-0.2, 0) is 0 Å². The van der Waals surface area contributed by atoms with E-state index in [1.165, 1.54) is 5.56 Å². The van der Waals surface area contributed by atoms with Crippen LogP contribution in [0.5, 0.6) is 17.2 Å². The summed E-state index contributed by atoms with van der Waals surface area (Å²) in [7, 11) is 9.97. The van der Waals surface area contributed by atoms with Crippen LogP contribution >= 0.6 is 0 Å². The van der Waals surface area contributed by atoms with Gasteiger partial charge < -0.3 is 19.3 Å². The number of aromatic nitrogens is 4. The number of methoxy groups -OCH3 is 1. The molecular weight excluding hydrogens is 572 g/mol. The normalized spacial score (nSPS) is 11.3. The highest BCUT2D eigenvalue weighted by Gasteiger charge is 2.18. The number of hydrogen-bond donors (Lipinski definition) is 0. The molecule has 0 aliphatic carbocycles. The Labute approximate surface area is 268 Å². The zero-order valence-electron chi connectivity index (χ0n) is 26.9. The maximum absolute atomic E-state index is 6.47. The summed E-state index contributed by atoms with van der Waals surface area (Å²) in [6, 6.07) is 30.8. The molecule has 0 radical (unpaired) electrons. The molecule has 0 aliphatic rings. The van der Waals surface area contributed by atoms with E-state index in [0.29, 0.717) is 0 Å². The van der Waals surface area contributed by atoms with E-state index in [2.05, 4.69) is 103 Å². The fraction of sp³-hybridized carbons (Fsp3) is 0.158. The fourth-order valence-electron chi connectivity index (χ4n) is 6.08. The molecule has 0 fully saturated rings. The van der Waals surface area contributed by atoms with Gasteiger partial charge in [-0.3, -0.25) is 4.57 Å². The van der Waals surface area contributed by atoms with Crippen molar-refractivity contribution in [3.8, 4) is 39.9 Å². The van der Waals surface area contributed by atoms with Gasteiger partial charge in [-0.15, -0.1) is 0 Å². The van der Waals surface area contributed by atoms with Crippen molar-refractivity contribution in [3.05, 3.63) is 115 Å². The van der Waals surface area contributed by atoms with E-state index in [-0.39, 0.29) is 0 Å². The van der Waals surface area contributed by atoms with Gasteiger partial charge in [0.1, 0.15) is 23.1 Å². The van der Waals surface area contributed by atoms with Crippen molar-refractivity contribution in [2.45, 2.75) is 6.92 Å². The first-order chi connectivity index (χ1) is 22.3. The molecule has 0 saturated heterocycles. The van der Waals surface area contributed by atoms with Gasteiger partial charge in [-0.1, -0.05) is 24.3 Å². The second kappa shape index (κ2) is 11.6. The lowest BCUT2D eigenvalue weighted by Gasteiger charge is -2.24. The average molecular weight is 609 g/mol. The Hall–Kier alpha value is -5.76. The Bertz CT molecular complexity index is 2180. The molecule has 7 aromatic rings. The van der Waals surface area contributed by atoms with Crippen molar-refractivity contribution in [2.75, 3.05) is 45.1 Å². The molecule has 7 rings (SSSR count). The highest BCUT2D eigenvalue weighted by atomic mass is 16.5. The molecule has 230 valence electrons. The minimum Gasteiger partial charge on any atom is -0.497 e. The summed E-state index contributed by atoms with van der Waals surface area (Å²) in [6.07, 6.45) is 5.77. The molecule has 0 atom stereocenters. The van der Waals surface area contributed by atoms with Crippen LogP contribution in [0.2, 0.25) is 0 Å². The van der Waals surface area contributed by atoms with Crippen LogP contribution in [0.1, 0.15) is 5.56 Å². The van der Waals surface area contributed by atoms with Crippen molar-refractivity contribution in [1.82, 2.24) is 19.3 Å². The molecule has 0 amide bonds. The summed E-state index contributed by atoms with van der Waals surface area (Å²) in [6.45, 7) is 2.13. The molecule has 46 heavy (non-hydrogen) atoms. The number of pyridine rings is 1. The van der Waals surface area contributed by atoms with Gasteiger partial charge in [0, 0.05) is 92.1 Å². The average Bonchev–Trinajstić information content (AvgIpc) is 3.67. The zero-order valence-corrected chi connectivity index (χ0v) is 26.9. The number of hydrogen-bond acceptors (Lipinski definition) is 6. The Kier molecular flexibility index (Phi) is 7.33. The molecule has 0 saturated carbocycles. The topological polar surface area (TPSA) is 60.6 Å². The van der Waals surface area contributed by atoms with Crippen LogP contribution in [0.15, 0.2) is 110 Å². The fourth-order valence-corrected chi connectivity index (χ4v) is 6.08. The van der Waals surface area contributed by atoms with E-state index in [9.17, 15) is 0 Å². The number of benzene rings is 4. The van der Waals surface area contributed by atoms with Gasteiger partial charge in [-0.25, -0.2) is 9.67 Å². The number of rotatable bonds is 8. The number of para-hydroxylation sites is 1. The molecule has 8 heteroatoms. The molecule has 3 aromatic heterocycles. The predicted molar refractivity (Wildman–Crippen MR) is 188 cm³/mol. The first-order valence-corrected chi connectivity index (χ1v) is 15.2. The Morgan fingerprint density at radius 1 is 0.696 bits per heavy atom. The zero-order chi connectivity index (χ0) is 31.9. The quantitative estimate of drug-likeness (QED) is 0.173. The molecule has 0 N–H and O–H groups in total. The summed E-state index contributed by atoms with van der Waals surface area (Å²) >= 11 is 0. The van der Waals surface area contributed by atoms with Crippen LogP contribution in [0, 0.1) is 6.92 Å². The van der Waals surface area contributed by atoms with E-state index in [1.807, 2.05) is 59.4 Å². The molecule has 0 aliphatic heterocycles. The second-order valence-corrected chi connectivity index (χ2v) is 11.8. The van der Waals surface area contributed by atoms with E-state index >= 15 is 0 Å². The minimum atomic E-state index is 0.717. The summed E-state index contributed by atoms with van der Waals surface area (Å²) < 4.78 is 16.0. The van der Waals surface area contributed by atoms with Crippen molar-refractivity contribution in [3.63, 3.8) is 0 Å². The molecule has 3 heterocycles. The summed E-state index contributed by atoms with van der Waals surface area (Å²) in [4.78, 5) is 8.98. The van der Waals surface area contributed by atoms with Crippen molar-refractivity contribution in [1.29, 1.82) is 0 Å². The third kappa shape index (κ3) is 5.17. The van der Waals surface area contributed by atoms with Gasteiger partial charge in [-0.05, 0) is 61.0 Å². The highest BCUT2D eigenvalue weighted by Crippen LogP contribution is 2.40. The number of anilines is 2. The van der Waals surface area contributed by atoms with Gasteiger partial charge in [0.2, 0.25) is 0 Å². The predicted octanol–water partition coefficient (Wildman–Crippen LogP) is 8.27. The van der Waals surface area contributed by atoms with Gasteiger partial charge >= 0.3 is 0 Å². The van der Waals surface area contributed by atoms with Crippen LogP contribution < -0.4 is 19.3 Å². The number of ether oxygens (including phenoxy) is 2. The maximum Gasteiger partial charge on any atom is 0.141 e. The smallest absolute Gasteiger partial charge is 0.141 e. The Morgan fingerprint density at radius 3 is 2.20 bits per heavy atom. The third-order valence-electron chi connectivity index (χ3n) is 8.22. The molecule has 0 spiro atoms. The SMILES string of the molecule is COc1ccnc(-n2c3ccccc3c3ccc(Oc4cccc(-n5cc(-c6c(N(C)C)cc(C)cc6N(C)C)cn5)c4)cc32)c1. The van der Waals surface area contributed by atoms with E-state index < -0.39 is 0 Å². The van der Waals surface area contributed by atoms with E-state index in [4.69, 9.17) is 14.6 Å². The van der Waals surface area contributed by atoms with Crippen molar-refractivity contribution >= 4 is 33.2 Å². The van der Waals surface area contributed by atoms with Crippen LogP contribution in [0.4, 0.5) is 11.4 Å². The van der Waals surface area contributed by atoms with Crippen LogP contribution in [0.3, 0.4) is 0 Å². The lowest BCUT2D eigenvalue weighted by molar-refractivity contribution is 0.414. The molecule has 4 aromatic carbocycles. The maximum atomic E-state index is 6.47. The largest absolute Gasteiger partial charge is 0.497 e. The number of nitrogens with zero attached hydrogens (tertiary/aromatic N) is 6. The standard InChI is InChI=1S/C38H36N6O2/c1-25-18-35(41(2)3)38(36(19-25)42(4)5)26-23-40-43(24-26)27-10-9-11-29(20-27)46-30-14-15-32-31-12-7-8-13-33(31)44(34(32)21-30)37-22-28(45-6)16-17-39-37/h7-24H,1-6H3. The van der Waals surface area contributed by atoms with Gasteiger partial charge in [0.15, 0.2) is 0 Å². The first-order valence-electron chi connectivity index (χ1n) is 15.2. The molecule has 0 bridgehead atoms. The van der Waals surface area contributed by atoms with E-state index in [0.717, 1.165) is 73.1 Å². The third-order valence-corrected chi connectivity index (χ3v) is 8.22. The second-order valence-electron chi connectivity index (χ2n) is 11.8. The Morgan fingerprint density at radius 2 is 1.43 bits per heavy atom. The van der Waals surface area contributed by atoms with Crippen molar-refractivity contribution < 1.29 is 9.47 Å². The molecule has 8 nitrogen and oxygen atoms in total. The van der Waals surface area contributed by atoms with Gasteiger partial charge in [0.05, 0.1) is 30.0 Å². The summed E-state index contributed by atoms with van der Waals surface area (Å²) in [5.74, 6) is 2.97. The molecule has 0 unspecified atom stereocenters. The first kappa shape index (κ1) is 29.0. The highest BCUT2D eigenvalue weighted by molar-refractivity contribution is 6.09.